The van der Waals surface area contributed by atoms with E-state index in [1.165, 1.54) is 11.2 Å². The Labute approximate surface area is 123 Å². The first-order chi connectivity index (χ1) is 9.69. The van der Waals surface area contributed by atoms with Gasteiger partial charge in [0.2, 0.25) is 15.8 Å². The highest BCUT2D eigenvalue weighted by atomic mass is 32.2. The number of hydrogen-bond acceptors (Lipinski definition) is 5. The van der Waals surface area contributed by atoms with Gasteiger partial charge in [0.15, 0.2) is 0 Å². The molecular formula is C13H19NO6S. The Bertz CT molecular complexity index is 650. The molecule has 2 heterocycles. The SMILES string of the molecule is COC1(C)CCCN(S(=O)(=O)c2cc(C(=O)O)oc2C)C1. The first kappa shape index (κ1) is 16.0. The van der Waals surface area contributed by atoms with E-state index in [-0.39, 0.29) is 23.0 Å². The molecule has 1 saturated heterocycles. The number of carboxylic acid groups (broad SMARTS) is 1. The number of piperidine rings is 1. The maximum absolute atomic E-state index is 12.7. The molecule has 2 rings (SSSR count). The second-order valence-corrected chi connectivity index (χ2v) is 7.34. The van der Waals surface area contributed by atoms with Gasteiger partial charge in [-0.05, 0) is 26.7 Å². The molecule has 0 spiro atoms. The predicted octanol–water partition coefficient (Wildman–Crippen LogP) is 1.48. The van der Waals surface area contributed by atoms with Crippen molar-refractivity contribution in [3.05, 3.63) is 17.6 Å². The number of methoxy groups -OCH3 is 1. The highest BCUT2D eigenvalue weighted by molar-refractivity contribution is 7.89. The van der Waals surface area contributed by atoms with Crippen LogP contribution in [0.25, 0.3) is 0 Å². The Morgan fingerprint density at radius 2 is 2.19 bits per heavy atom. The number of sulfonamides is 1. The summed E-state index contributed by atoms with van der Waals surface area (Å²) in [4.78, 5) is 10.8. The van der Waals surface area contributed by atoms with Crippen LogP contribution in [0.1, 0.15) is 36.1 Å². The van der Waals surface area contributed by atoms with Crippen molar-refractivity contribution in [1.29, 1.82) is 0 Å². The van der Waals surface area contributed by atoms with Gasteiger partial charge in [-0.15, -0.1) is 0 Å². The lowest BCUT2D eigenvalue weighted by Crippen LogP contribution is -2.49. The van der Waals surface area contributed by atoms with Crippen LogP contribution < -0.4 is 0 Å². The molecule has 1 N–H and O–H groups in total. The van der Waals surface area contributed by atoms with Crippen LogP contribution in [0.3, 0.4) is 0 Å². The molecule has 7 nitrogen and oxygen atoms in total. The molecule has 118 valence electrons. The van der Waals surface area contributed by atoms with Gasteiger partial charge in [0.05, 0.1) is 5.60 Å². The van der Waals surface area contributed by atoms with Crippen molar-refractivity contribution in [3.8, 4) is 0 Å². The quantitative estimate of drug-likeness (QED) is 0.903. The average Bonchev–Trinajstić information content (AvgIpc) is 2.82. The number of aromatic carboxylic acids is 1. The normalized spacial score (nSPS) is 24.1. The summed E-state index contributed by atoms with van der Waals surface area (Å²) < 4.78 is 37.0. The number of hydrogen-bond donors (Lipinski definition) is 1. The summed E-state index contributed by atoms with van der Waals surface area (Å²) in [6.45, 7) is 3.92. The highest BCUT2D eigenvalue weighted by Gasteiger charge is 2.38. The van der Waals surface area contributed by atoms with Crippen LogP contribution in [0.5, 0.6) is 0 Å². The topological polar surface area (TPSA) is 97.0 Å². The summed E-state index contributed by atoms with van der Waals surface area (Å²) in [7, 11) is -2.23. The van der Waals surface area contributed by atoms with E-state index < -0.39 is 21.6 Å². The Morgan fingerprint density at radius 1 is 1.52 bits per heavy atom. The lowest BCUT2D eigenvalue weighted by molar-refractivity contribution is -0.0319. The fraction of sp³-hybridized carbons (Fsp3) is 0.615. The molecule has 1 aromatic rings. The molecule has 1 aromatic heterocycles. The van der Waals surface area contributed by atoms with Crippen LogP contribution in [-0.2, 0) is 14.8 Å². The summed E-state index contributed by atoms with van der Waals surface area (Å²) in [5, 5.41) is 8.90. The molecule has 1 unspecified atom stereocenters. The van der Waals surface area contributed by atoms with E-state index in [2.05, 4.69) is 0 Å². The molecule has 1 aliphatic heterocycles. The summed E-state index contributed by atoms with van der Waals surface area (Å²) in [5.74, 6) is -1.59. The number of ether oxygens (including phenoxy) is 1. The fourth-order valence-electron chi connectivity index (χ4n) is 2.50. The summed E-state index contributed by atoms with van der Waals surface area (Å²) in [6.07, 6.45) is 1.46. The largest absolute Gasteiger partial charge is 0.475 e. The van der Waals surface area contributed by atoms with Crippen molar-refractivity contribution in [2.24, 2.45) is 0 Å². The van der Waals surface area contributed by atoms with Gasteiger partial charge in [0.25, 0.3) is 0 Å². The number of carboxylic acids is 1. The monoisotopic (exact) mass is 317 g/mol. The third-order valence-corrected chi connectivity index (χ3v) is 5.77. The van der Waals surface area contributed by atoms with Crippen LogP contribution in [-0.4, -0.2) is 49.6 Å². The lowest BCUT2D eigenvalue weighted by Gasteiger charge is -2.38. The van der Waals surface area contributed by atoms with Crippen LogP contribution >= 0.6 is 0 Å². The van der Waals surface area contributed by atoms with E-state index in [0.29, 0.717) is 13.0 Å². The van der Waals surface area contributed by atoms with E-state index in [1.807, 2.05) is 6.92 Å². The molecular weight excluding hydrogens is 298 g/mol. The third-order valence-electron chi connectivity index (χ3n) is 3.82. The zero-order chi connectivity index (χ0) is 15.8. The van der Waals surface area contributed by atoms with Crippen molar-refractivity contribution < 1.29 is 27.5 Å². The van der Waals surface area contributed by atoms with Crippen molar-refractivity contribution >= 4 is 16.0 Å². The summed E-state index contributed by atoms with van der Waals surface area (Å²) >= 11 is 0. The van der Waals surface area contributed by atoms with Gasteiger partial charge in [-0.1, -0.05) is 0 Å². The fourth-order valence-corrected chi connectivity index (χ4v) is 4.25. The molecule has 0 aromatic carbocycles. The summed E-state index contributed by atoms with van der Waals surface area (Å²) in [6, 6.07) is 1.06. The predicted molar refractivity (Wildman–Crippen MR) is 73.8 cm³/mol. The zero-order valence-corrected chi connectivity index (χ0v) is 13.1. The Kier molecular flexibility index (Phi) is 4.14. The van der Waals surface area contributed by atoms with Crippen molar-refractivity contribution in [3.63, 3.8) is 0 Å². The first-order valence-electron chi connectivity index (χ1n) is 6.59. The van der Waals surface area contributed by atoms with Crippen molar-refractivity contribution in [2.75, 3.05) is 20.2 Å². The van der Waals surface area contributed by atoms with Gasteiger partial charge in [0, 0.05) is 26.3 Å². The average molecular weight is 317 g/mol. The molecule has 1 atom stereocenters. The molecule has 1 aliphatic rings. The Hall–Kier alpha value is -1.38. The van der Waals surface area contributed by atoms with Gasteiger partial charge in [0.1, 0.15) is 10.7 Å². The number of aryl methyl sites for hydroxylation is 1. The first-order valence-corrected chi connectivity index (χ1v) is 8.03. The Morgan fingerprint density at radius 3 is 2.71 bits per heavy atom. The standard InChI is InChI=1S/C13H19NO6S/c1-9-11(7-10(20-9)12(15)16)21(17,18)14-6-4-5-13(2,8-14)19-3/h7H,4-6,8H2,1-3H3,(H,15,16). The third kappa shape index (κ3) is 2.97. The maximum Gasteiger partial charge on any atom is 0.371 e. The van der Waals surface area contributed by atoms with Crippen molar-refractivity contribution in [2.45, 2.75) is 37.2 Å². The van der Waals surface area contributed by atoms with E-state index in [1.54, 1.807) is 7.11 Å². The van der Waals surface area contributed by atoms with Gasteiger partial charge in [-0.25, -0.2) is 13.2 Å². The molecule has 0 radical (unpaired) electrons. The molecule has 0 saturated carbocycles. The van der Waals surface area contributed by atoms with Gasteiger partial charge in [-0.3, -0.25) is 0 Å². The van der Waals surface area contributed by atoms with Crippen LogP contribution in [0.2, 0.25) is 0 Å². The van der Waals surface area contributed by atoms with Gasteiger partial charge >= 0.3 is 5.97 Å². The molecule has 8 heteroatoms. The second kappa shape index (κ2) is 5.43. The zero-order valence-electron chi connectivity index (χ0n) is 12.2. The van der Waals surface area contributed by atoms with E-state index in [9.17, 15) is 13.2 Å². The van der Waals surface area contributed by atoms with E-state index in [4.69, 9.17) is 14.3 Å². The molecule has 0 amide bonds. The van der Waals surface area contributed by atoms with E-state index >= 15 is 0 Å². The number of nitrogens with zero attached hydrogens (tertiary/aromatic N) is 1. The minimum absolute atomic E-state index is 0.0806. The smallest absolute Gasteiger partial charge is 0.371 e. The molecule has 0 aliphatic carbocycles. The lowest BCUT2D eigenvalue weighted by atomic mass is 9.96. The minimum Gasteiger partial charge on any atom is -0.475 e. The second-order valence-electron chi connectivity index (χ2n) is 5.43. The van der Waals surface area contributed by atoms with Crippen LogP contribution in [0.15, 0.2) is 15.4 Å². The highest BCUT2D eigenvalue weighted by Crippen LogP contribution is 2.30. The maximum atomic E-state index is 12.7. The van der Waals surface area contributed by atoms with Gasteiger partial charge in [-0.2, -0.15) is 4.31 Å². The molecule has 1 fully saturated rings. The number of furan rings is 1. The van der Waals surface area contributed by atoms with Crippen molar-refractivity contribution in [1.82, 2.24) is 4.31 Å². The minimum atomic E-state index is -3.79. The number of rotatable bonds is 4. The molecule has 0 bridgehead atoms. The number of carbonyl (C=O) groups is 1. The molecule has 21 heavy (non-hydrogen) atoms. The van der Waals surface area contributed by atoms with Gasteiger partial charge < -0.3 is 14.3 Å². The Balaban J connectivity index is 2.36. The summed E-state index contributed by atoms with van der Waals surface area (Å²) in [5.41, 5.74) is -0.529. The van der Waals surface area contributed by atoms with E-state index in [0.717, 1.165) is 12.5 Å². The van der Waals surface area contributed by atoms with Crippen LogP contribution in [0.4, 0.5) is 0 Å². The van der Waals surface area contributed by atoms with Crippen LogP contribution in [0, 0.1) is 6.92 Å².